The molecule has 0 radical (unpaired) electrons. The monoisotopic (exact) mass is 1220 g/mol. The highest BCUT2D eigenvalue weighted by atomic mass is 16.8. The van der Waals surface area contributed by atoms with Gasteiger partial charge in [0.25, 0.3) is 0 Å². The van der Waals surface area contributed by atoms with Gasteiger partial charge >= 0.3 is 0 Å². The van der Waals surface area contributed by atoms with Crippen molar-refractivity contribution in [3.8, 4) is 0 Å². The minimum absolute atomic E-state index is 0.795. The number of hydrogen-bond donors (Lipinski definition) is 22. The zero-order chi connectivity index (χ0) is 61.2. The zero-order valence-corrected chi connectivity index (χ0v) is 44.5. The summed E-state index contributed by atoms with van der Waals surface area (Å²) in [5.74, 6) is -1.68. The third kappa shape index (κ3) is 14.9. The molecule has 0 aromatic heterocycles. The van der Waals surface area contributed by atoms with E-state index >= 15 is 0 Å². The van der Waals surface area contributed by atoms with Crippen molar-refractivity contribution in [2.75, 3.05) is 39.6 Å². The van der Waals surface area contributed by atoms with Gasteiger partial charge in [-0.1, -0.05) is 0 Å². The number of ether oxygens (including phenoxy) is 13. The quantitative estimate of drug-likeness (QED) is 0.0538. The Kier molecular flexibility index (Phi) is 24.0. The van der Waals surface area contributed by atoms with Crippen LogP contribution in [0.2, 0.25) is 0 Å². The maximum atomic E-state index is 12.8. The third-order valence-electron chi connectivity index (χ3n) is 15.3. The van der Waals surface area contributed by atoms with Crippen molar-refractivity contribution >= 4 is 11.8 Å². The van der Waals surface area contributed by atoms with Crippen molar-refractivity contribution in [3.05, 3.63) is 0 Å². The Hall–Kier alpha value is -2.38. The molecular formula is C46H78N2O35. The molecule has 0 spiro atoms. The lowest BCUT2D eigenvalue weighted by Crippen LogP contribution is -2.70. The predicted octanol–water partition coefficient (Wildman–Crippen LogP) is -15.0. The number of aliphatic hydroxyl groups excluding tert-OH is 20. The molecule has 482 valence electrons. The number of rotatable bonds is 20. The van der Waals surface area contributed by atoms with E-state index in [9.17, 15) is 112 Å². The van der Waals surface area contributed by atoms with Gasteiger partial charge in [0.1, 0.15) is 165 Å². The summed E-state index contributed by atoms with van der Waals surface area (Å²) in [5.41, 5.74) is 0. The van der Waals surface area contributed by atoms with E-state index in [1.165, 1.54) is 6.92 Å². The molecule has 2 amide bonds. The fourth-order valence-electron chi connectivity index (χ4n) is 10.6. The van der Waals surface area contributed by atoms with Crippen LogP contribution in [0.15, 0.2) is 0 Å². The number of amides is 2. The number of hydrogen-bond acceptors (Lipinski definition) is 35. The van der Waals surface area contributed by atoms with Gasteiger partial charge in [-0.05, 0) is 6.92 Å². The minimum Gasteiger partial charge on any atom is -0.394 e. The van der Waals surface area contributed by atoms with E-state index in [2.05, 4.69) is 10.6 Å². The van der Waals surface area contributed by atoms with Crippen LogP contribution >= 0.6 is 0 Å². The summed E-state index contributed by atoms with van der Waals surface area (Å²) in [7, 11) is 0. The van der Waals surface area contributed by atoms with Gasteiger partial charge in [-0.2, -0.15) is 0 Å². The van der Waals surface area contributed by atoms with Gasteiger partial charge in [0, 0.05) is 13.8 Å². The second kappa shape index (κ2) is 29.3. The number of aliphatic hydroxyl groups is 20. The van der Waals surface area contributed by atoms with E-state index in [0.29, 0.717) is 0 Å². The Bertz CT molecular complexity index is 2040. The molecule has 0 aromatic rings. The van der Waals surface area contributed by atoms with Crippen LogP contribution in [-0.4, -0.2) is 368 Å². The largest absolute Gasteiger partial charge is 0.394 e. The van der Waals surface area contributed by atoms with Crippen LogP contribution in [0.5, 0.6) is 0 Å². The van der Waals surface area contributed by atoms with Gasteiger partial charge in [-0.3, -0.25) is 9.59 Å². The summed E-state index contributed by atoms with van der Waals surface area (Å²) in [6.07, 6.45) is -61.9. The van der Waals surface area contributed by atoms with E-state index in [1.807, 2.05) is 0 Å². The summed E-state index contributed by atoms with van der Waals surface area (Å²) in [6.45, 7) is -2.13. The molecule has 37 heteroatoms. The van der Waals surface area contributed by atoms with Crippen LogP contribution in [0.1, 0.15) is 20.8 Å². The summed E-state index contributed by atoms with van der Waals surface area (Å²) in [4.78, 5) is 25.1. The molecule has 22 N–H and O–H groups in total. The van der Waals surface area contributed by atoms with Crippen molar-refractivity contribution in [1.82, 2.24) is 10.6 Å². The Morgan fingerprint density at radius 2 is 0.699 bits per heavy atom. The molecule has 7 aliphatic rings. The van der Waals surface area contributed by atoms with Crippen molar-refractivity contribution in [3.63, 3.8) is 0 Å². The number of carbonyl (C=O) groups is 2. The lowest BCUT2D eigenvalue weighted by Gasteiger charge is -2.50. The normalized spacial score (nSPS) is 50.8. The summed E-state index contributed by atoms with van der Waals surface area (Å²) in [5, 5.41) is 219. The van der Waals surface area contributed by atoms with Gasteiger partial charge < -0.3 is 174 Å². The summed E-state index contributed by atoms with van der Waals surface area (Å²) < 4.78 is 74.5. The second-order valence-corrected chi connectivity index (χ2v) is 21.1. The van der Waals surface area contributed by atoms with E-state index in [1.54, 1.807) is 0 Å². The summed E-state index contributed by atoms with van der Waals surface area (Å²) >= 11 is 0. The molecule has 7 fully saturated rings. The predicted molar refractivity (Wildman–Crippen MR) is 254 cm³/mol. The Labute approximate surface area is 470 Å². The van der Waals surface area contributed by atoms with E-state index in [-0.39, 0.29) is 0 Å². The van der Waals surface area contributed by atoms with Gasteiger partial charge in [0.15, 0.2) is 44.0 Å². The average molecular weight is 1220 g/mol. The highest BCUT2D eigenvalue weighted by Gasteiger charge is 2.58. The minimum atomic E-state index is -2.27. The molecule has 0 unspecified atom stereocenters. The van der Waals surface area contributed by atoms with Crippen LogP contribution < -0.4 is 10.6 Å². The van der Waals surface area contributed by atoms with E-state index in [4.69, 9.17) is 61.6 Å². The SMILES string of the molecule is CC(=O)N[C@@H]1[C@@H](O)[C@H](O[C@@H]2O[C@H](CO)[C@@H](O[C@@H]3O[C@H](CO[C@H]4O[C@H](CO)[C@@H](O)[C@H](O)[C@@H]4O)[C@@H](O)[C@H](O[C@H]4O[C@H](CO)[C@@H](O)[C@H](O)[C@@H]4O)[C@@H]3O)[C@H](O)[C@H]2NC(C)=O)[C@@H](CO[C@H]2O[C@H](C)[C@H](O[C@@H]3O[C@H](CO)[C@H](O)[C@H](O)[C@H]3O)[C@H](O)[C@H]2O)O[C@H]1O. The molecule has 37 nitrogen and oxygen atoms in total. The van der Waals surface area contributed by atoms with Crippen LogP contribution in [-0.2, 0) is 71.2 Å². The fourth-order valence-corrected chi connectivity index (χ4v) is 10.6. The molecule has 0 aliphatic carbocycles. The van der Waals surface area contributed by atoms with Crippen molar-refractivity contribution in [2.24, 2.45) is 0 Å². The highest BCUT2D eigenvalue weighted by Crippen LogP contribution is 2.37. The van der Waals surface area contributed by atoms with Gasteiger partial charge in [0.05, 0.1) is 45.7 Å². The topological polar surface area (TPSA) is 583 Å². The Morgan fingerprint density at radius 3 is 1.20 bits per heavy atom. The van der Waals surface area contributed by atoms with E-state index in [0.717, 1.165) is 13.8 Å². The Morgan fingerprint density at radius 1 is 0.337 bits per heavy atom. The van der Waals surface area contributed by atoms with Crippen LogP contribution in [0.25, 0.3) is 0 Å². The van der Waals surface area contributed by atoms with Gasteiger partial charge in [0.2, 0.25) is 11.8 Å². The van der Waals surface area contributed by atoms with Crippen molar-refractivity contribution in [2.45, 2.75) is 236 Å². The van der Waals surface area contributed by atoms with Crippen LogP contribution in [0.4, 0.5) is 0 Å². The summed E-state index contributed by atoms with van der Waals surface area (Å²) in [6, 6.07) is -3.54. The molecule has 0 aromatic carbocycles. The fraction of sp³-hybridized carbons (Fsp3) is 0.957. The molecule has 83 heavy (non-hydrogen) atoms. The second-order valence-electron chi connectivity index (χ2n) is 21.1. The third-order valence-corrected chi connectivity index (χ3v) is 15.3. The molecule has 0 saturated carbocycles. The molecule has 7 saturated heterocycles. The first kappa shape index (κ1) is 68.1. The molecular weight excluding hydrogens is 1140 g/mol. The maximum Gasteiger partial charge on any atom is 0.217 e. The lowest BCUT2D eigenvalue weighted by atomic mass is 9.93. The molecule has 35 atom stereocenters. The van der Waals surface area contributed by atoms with Crippen molar-refractivity contribution < 1.29 is 173 Å². The standard InChI is InChI=1S/C46H78N2O35/c1-10-36(80-44-32(66)28(62)22(56)14(5-50)76-44)30(64)34(68)42(73-10)72-9-18-38(25(59)19(40(70)74-18)47-11(2)53)81-41-20(48-12(3)54)26(60)37(16(7-52)78-41)82-46-35(69)39(83-45-33(67)29(63)23(57)15(6-51)77-45)24(58)17(79-46)8-71-43-31(65)27(61)21(55)13(4-49)75-43/h10,13-46,49-52,55-70H,4-9H2,1-3H3,(H,47,53)(H,48,54)/t10-,13-,14-,15-,16-,17-,18-,19-,20-,21-,22+,23-,24-,25-,26-,27+,28+,29+,30-,31+,32-,33+,34-,35+,36+,37-,38-,39+,40-,41+,42+,43+,44+,45-,46+/m1/s1. The van der Waals surface area contributed by atoms with Crippen LogP contribution in [0, 0.1) is 0 Å². The Balaban J connectivity index is 1.11. The number of carbonyl (C=O) groups excluding carboxylic acids is 2. The molecule has 7 aliphatic heterocycles. The van der Waals surface area contributed by atoms with Gasteiger partial charge in [-0.25, -0.2) is 0 Å². The molecule has 0 bridgehead atoms. The highest BCUT2D eigenvalue weighted by molar-refractivity contribution is 5.73. The van der Waals surface area contributed by atoms with Crippen molar-refractivity contribution in [1.29, 1.82) is 0 Å². The first-order valence-electron chi connectivity index (χ1n) is 26.5. The number of nitrogens with one attached hydrogen (secondary N) is 2. The first-order chi connectivity index (χ1) is 39.2. The lowest BCUT2D eigenvalue weighted by molar-refractivity contribution is -0.384. The average Bonchev–Trinajstić information content (AvgIpc) is 3.49. The first-order valence-corrected chi connectivity index (χ1v) is 26.5. The molecule has 7 heterocycles. The zero-order valence-electron chi connectivity index (χ0n) is 44.5. The maximum absolute atomic E-state index is 12.8. The van der Waals surface area contributed by atoms with E-state index < -0.39 is 266 Å². The molecule has 7 rings (SSSR count). The van der Waals surface area contributed by atoms with Gasteiger partial charge in [-0.15, -0.1) is 0 Å². The van der Waals surface area contributed by atoms with Crippen LogP contribution in [0.3, 0.4) is 0 Å². The smallest absolute Gasteiger partial charge is 0.217 e.